The van der Waals surface area contributed by atoms with Gasteiger partial charge in [0, 0.05) is 16.9 Å². The summed E-state index contributed by atoms with van der Waals surface area (Å²) in [5.41, 5.74) is 11.5. The number of nitrogens with zero attached hydrogens (tertiary/aromatic N) is 2. The Bertz CT molecular complexity index is 352. The predicted octanol–water partition coefficient (Wildman–Crippen LogP) is 1.35. The van der Waals surface area contributed by atoms with E-state index in [2.05, 4.69) is 41.4 Å². The Morgan fingerprint density at radius 2 is 2.00 bits per heavy atom. The average molecular weight is 222 g/mol. The monoisotopic (exact) mass is 222 g/mol. The van der Waals surface area contributed by atoms with Gasteiger partial charge < -0.3 is 11.5 Å². The molecule has 80 valence electrons. The third-order valence-electron chi connectivity index (χ3n) is 1.60. The lowest BCUT2D eigenvalue weighted by atomic mass is 10.2. The van der Waals surface area contributed by atoms with E-state index in [4.69, 9.17) is 11.5 Å². The van der Waals surface area contributed by atoms with Gasteiger partial charge in [0.05, 0.1) is 0 Å². The van der Waals surface area contributed by atoms with Crippen LogP contribution in [-0.2, 0) is 0 Å². The smallest absolute Gasteiger partial charge is 0.211 e. The highest BCUT2D eigenvalue weighted by Crippen LogP contribution is 2.16. The lowest BCUT2D eigenvalue weighted by Crippen LogP contribution is -2.21. The van der Waals surface area contributed by atoms with Crippen molar-refractivity contribution in [3.05, 3.63) is 29.8 Å². The van der Waals surface area contributed by atoms with Crippen molar-refractivity contribution in [2.75, 3.05) is 5.75 Å². The Kier molecular flexibility index (Phi) is 4.70. The van der Waals surface area contributed by atoms with Crippen LogP contribution < -0.4 is 11.5 Å². The quantitative estimate of drug-likeness (QED) is 0.349. The standard InChI is InChI=1S/C10H14N4S/c1-8-2-4-9(5-3-8)15-7-6-13-14-10(11)12/h2-6H,7H2,1H3,(H4,11,12,14)/b13-6-. The molecule has 1 aromatic carbocycles. The first-order chi connectivity index (χ1) is 7.18. The molecule has 0 heterocycles. The topological polar surface area (TPSA) is 76.8 Å². The van der Waals surface area contributed by atoms with Gasteiger partial charge in [-0.1, -0.05) is 17.7 Å². The van der Waals surface area contributed by atoms with Crippen LogP contribution in [0.15, 0.2) is 39.4 Å². The fraction of sp³-hybridized carbons (Fsp3) is 0.200. The predicted molar refractivity (Wildman–Crippen MR) is 66.2 cm³/mol. The Labute approximate surface area is 93.5 Å². The molecule has 0 radical (unpaired) electrons. The van der Waals surface area contributed by atoms with Crippen LogP contribution in [0.4, 0.5) is 0 Å². The molecule has 0 saturated carbocycles. The van der Waals surface area contributed by atoms with Crippen LogP contribution in [0.25, 0.3) is 0 Å². The van der Waals surface area contributed by atoms with Crippen LogP contribution in [0, 0.1) is 6.92 Å². The molecule has 5 heteroatoms. The minimum atomic E-state index is -0.0217. The molecule has 0 atom stereocenters. The van der Waals surface area contributed by atoms with E-state index in [1.807, 2.05) is 0 Å². The lowest BCUT2D eigenvalue weighted by Gasteiger charge is -1.97. The molecule has 0 aromatic heterocycles. The van der Waals surface area contributed by atoms with Gasteiger partial charge in [0.15, 0.2) is 0 Å². The van der Waals surface area contributed by atoms with Gasteiger partial charge in [-0.15, -0.1) is 16.9 Å². The summed E-state index contributed by atoms with van der Waals surface area (Å²) in [6.45, 7) is 2.06. The minimum Gasteiger partial charge on any atom is -0.369 e. The lowest BCUT2D eigenvalue weighted by molar-refractivity contribution is 1.21. The molecule has 0 unspecified atom stereocenters. The van der Waals surface area contributed by atoms with Crippen LogP contribution >= 0.6 is 11.8 Å². The van der Waals surface area contributed by atoms with Gasteiger partial charge in [0.1, 0.15) is 0 Å². The van der Waals surface area contributed by atoms with E-state index in [0.717, 1.165) is 5.75 Å². The zero-order valence-electron chi connectivity index (χ0n) is 8.55. The second-order valence-corrected chi connectivity index (χ2v) is 4.04. The first-order valence-electron chi connectivity index (χ1n) is 4.48. The van der Waals surface area contributed by atoms with Crippen LogP contribution in [0.5, 0.6) is 0 Å². The van der Waals surface area contributed by atoms with E-state index in [1.165, 1.54) is 10.5 Å². The van der Waals surface area contributed by atoms with Gasteiger partial charge >= 0.3 is 0 Å². The van der Waals surface area contributed by atoms with E-state index in [-0.39, 0.29) is 5.96 Å². The third kappa shape index (κ3) is 5.07. The first-order valence-corrected chi connectivity index (χ1v) is 5.47. The molecule has 0 aliphatic carbocycles. The van der Waals surface area contributed by atoms with Crippen molar-refractivity contribution >= 4 is 23.9 Å². The van der Waals surface area contributed by atoms with Crippen molar-refractivity contribution in [1.82, 2.24) is 0 Å². The maximum atomic E-state index is 5.11. The molecule has 15 heavy (non-hydrogen) atoms. The fourth-order valence-corrected chi connectivity index (χ4v) is 1.57. The maximum Gasteiger partial charge on any atom is 0.211 e. The second kappa shape index (κ2) is 6.08. The van der Waals surface area contributed by atoms with Gasteiger partial charge in [-0.3, -0.25) is 0 Å². The second-order valence-electron chi connectivity index (χ2n) is 2.95. The Morgan fingerprint density at radius 1 is 1.33 bits per heavy atom. The third-order valence-corrected chi connectivity index (χ3v) is 2.52. The summed E-state index contributed by atoms with van der Waals surface area (Å²) >= 11 is 1.68. The van der Waals surface area contributed by atoms with Crippen molar-refractivity contribution in [3.63, 3.8) is 0 Å². The molecular formula is C10H14N4S. The zero-order valence-corrected chi connectivity index (χ0v) is 9.37. The first kappa shape index (κ1) is 11.6. The van der Waals surface area contributed by atoms with E-state index in [9.17, 15) is 0 Å². The molecule has 0 aliphatic heterocycles. The highest BCUT2D eigenvalue weighted by Gasteiger charge is 1.90. The minimum absolute atomic E-state index is 0.0217. The molecule has 1 rings (SSSR count). The van der Waals surface area contributed by atoms with Gasteiger partial charge in [-0.05, 0) is 19.1 Å². The molecule has 4 nitrogen and oxygen atoms in total. The maximum absolute atomic E-state index is 5.11. The molecule has 1 aromatic rings. The van der Waals surface area contributed by atoms with Crippen molar-refractivity contribution in [2.24, 2.45) is 21.7 Å². The summed E-state index contributed by atoms with van der Waals surface area (Å²) in [5.74, 6) is 0.728. The number of hydrogen-bond acceptors (Lipinski definition) is 3. The van der Waals surface area contributed by atoms with Crippen molar-refractivity contribution in [1.29, 1.82) is 0 Å². The summed E-state index contributed by atoms with van der Waals surface area (Å²) in [6.07, 6.45) is 1.67. The Hall–Kier alpha value is -1.49. The average Bonchev–Trinajstić information content (AvgIpc) is 2.20. The highest BCUT2D eigenvalue weighted by molar-refractivity contribution is 7.99. The van der Waals surface area contributed by atoms with Crippen LogP contribution in [0.1, 0.15) is 5.56 Å². The van der Waals surface area contributed by atoms with E-state index >= 15 is 0 Å². The number of thioether (sulfide) groups is 1. The molecule has 0 amide bonds. The number of nitrogens with two attached hydrogens (primary N) is 2. The molecule has 0 aliphatic rings. The van der Waals surface area contributed by atoms with Gasteiger partial charge in [-0.25, -0.2) is 0 Å². The Morgan fingerprint density at radius 3 is 2.60 bits per heavy atom. The molecule has 0 bridgehead atoms. The van der Waals surface area contributed by atoms with Crippen molar-refractivity contribution in [2.45, 2.75) is 11.8 Å². The number of hydrogen-bond donors (Lipinski definition) is 2. The summed E-state index contributed by atoms with van der Waals surface area (Å²) in [4.78, 5) is 1.21. The molecule has 0 fully saturated rings. The normalized spacial score (nSPS) is 10.5. The number of rotatable bonds is 4. The van der Waals surface area contributed by atoms with Gasteiger partial charge in [0.2, 0.25) is 5.96 Å². The van der Waals surface area contributed by atoms with Gasteiger partial charge in [-0.2, -0.15) is 5.10 Å². The number of benzene rings is 1. The number of aryl methyl sites for hydroxylation is 1. The van der Waals surface area contributed by atoms with Crippen LogP contribution in [0.3, 0.4) is 0 Å². The summed E-state index contributed by atoms with van der Waals surface area (Å²) < 4.78 is 0. The van der Waals surface area contributed by atoms with E-state index in [1.54, 1.807) is 18.0 Å². The van der Waals surface area contributed by atoms with E-state index < -0.39 is 0 Å². The largest absolute Gasteiger partial charge is 0.369 e. The highest BCUT2D eigenvalue weighted by atomic mass is 32.2. The van der Waals surface area contributed by atoms with Crippen LogP contribution in [0.2, 0.25) is 0 Å². The Balaban J connectivity index is 2.35. The summed E-state index contributed by atoms with van der Waals surface area (Å²) in [6, 6.07) is 8.31. The van der Waals surface area contributed by atoms with Crippen molar-refractivity contribution < 1.29 is 0 Å². The molecule has 0 saturated heterocycles. The van der Waals surface area contributed by atoms with Gasteiger partial charge in [0.25, 0.3) is 0 Å². The van der Waals surface area contributed by atoms with E-state index in [0.29, 0.717) is 0 Å². The van der Waals surface area contributed by atoms with Crippen LogP contribution in [-0.4, -0.2) is 17.9 Å². The molecule has 0 spiro atoms. The zero-order chi connectivity index (χ0) is 11.1. The SMILES string of the molecule is Cc1ccc(SC/C=N\N=C(N)N)cc1. The summed E-state index contributed by atoms with van der Waals surface area (Å²) in [5, 5.41) is 7.19. The fourth-order valence-electron chi connectivity index (χ4n) is 0.909. The number of guanidine groups is 1. The van der Waals surface area contributed by atoms with Crippen molar-refractivity contribution in [3.8, 4) is 0 Å². The molecule has 4 N–H and O–H groups in total. The summed E-state index contributed by atoms with van der Waals surface area (Å²) in [7, 11) is 0. The molecular weight excluding hydrogens is 208 g/mol.